The topological polar surface area (TPSA) is 78.8 Å². The summed E-state index contributed by atoms with van der Waals surface area (Å²) in [7, 11) is -3.21. The molecule has 1 aromatic rings. The van der Waals surface area contributed by atoms with Crippen LogP contribution in [0.2, 0.25) is 0 Å². The van der Waals surface area contributed by atoms with Crippen molar-refractivity contribution in [1.82, 2.24) is 5.48 Å². The quantitative estimate of drug-likeness (QED) is 0.441. The maximum atomic E-state index is 11.1. The van der Waals surface area contributed by atoms with Crippen molar-refractivity contribution < 1.29 is 13.6 Å². The zero-order valence-corrected chi connectivity index (χ0v) is 8.32. The summed E-state index contributed by atoms with van der Waals surface area (Å²) in [6.45, 7) is 0. The Kier molecular flexibility index (Phi) is 3.21. The second-order valence-electron chi connectivity index (χ2n) is 2.66. The van der Waals surface area contributed by atoms with Crippen molar-refractivity contribution in [1.29, 1.82) is 0 Å². The summed E-state index contributed by atoms with van der Waals surface area (Å²) >= 11 is 0. The average Bonchev–Trinajstić information content (AvgIpc) is 2.14. The maximum Gasteiger partial charge on any atom is 0.175 e. The summed E-state index contributed by atoms with van der Waals surface area (Å²) in [5.74, 6) is 0. The van der Waals surface area contributed by atoms with E-state index in [2.05, 4.69) is 4.99 Å². The van der Waals surface area contributed by atoms with Crippen molar-refractivity contribution in [3.63, 3.8) is 0 Å². The number of hydrogen-bond acceptors (Lipinski definition) is 4. The predicted octanol–water partition coefficient (Wildman–Crippen LogP) is 0.729. The molecular formula is C8H10N2O3S. The van der Waals surface area contributed by atoms with Crippen LogP contribution in [0.3, 0.4) is 0 Å². The molecule has 0 spiro atoms. The molecule has 1 rings (SSSR count). The van der Waals surface area contributed by atoms with Gasteiger partial charge in [-0.05, 0) is 18.2 Å². The molecule has 0 aromatic heterocycles. The van der Waals surface area contributed by atoms with Gasteiger partial charge in [-0.1, -0.05) is 6.07 Å². The second-order valence-corrected chi connectivity index (χ2v) is 4.67. The number of hydrogen-bond donors (Lipinski definition) is 2. The second kappa shape index (κ2) is 4.21. The molecule has 0 aliphatic carbocycles. The third kappa shape index (κ3) is 2.82. The Morgan fingerprint density at radius 2 is 2.21 bits per heavy atom. The molecule has 0 radical (unpaired) electrons. The van der Waals surface area contributed by atoms with Crippen LogP contribution < -0.4 is 5.48 Å². The van der Waals surface area contributed by atoms with Crippen LogP contribution in [0.1, 0.15) is 0 Å². The number of benzene rings is 1. The summed E-state index contributed by atoms with van der Waals surface area (Å²) in [5, 5.41) is 8.24. The summed E-state index contributed by atoms with van der Waals surface area (Å²) in [4.78, 5) is 3.95. The standard InChI is InChI=1S/C8H10N2O3S/c1-14(12,13)8-4-2-3-7(5-8)9-6-10-11/h2-6,11H,1H3,(H,9,10). The zero-order valence-electron chi connectivity index (χ0n) is 7.51. The van der Waals surface area contributed by atoms with Crippen LogP contribution in [-0.2, 0) is 9.84 Å². The van der Waals surface area contributed by atoms with Crippen LogP contribution in [0.5, 0.6) is 0 Å². The van der Waals surface area contributed by atoms with E-state index in [-0.39, 0.29) is 4.90 Å². The maximum absolute atomic E-state index is 11.1. The fraction of sp³-hybridized carbons (Fsp3) is 0.125. The first-order valence-electron chi connectivity index (χ1n) is 3.76. The molecule has 76 valence electrons. The van der Waals surface area contributed by atoms with Gasteiger partial charge in [0.05, 0.1) is 10.6 Å². The zero-order chi connectivity index (χ0) is 10.6. The van der Waals surface area contributed by atoms with Crippen molar-refractivity contribution in [2.24, 2.45) is 4.99 Å². The molecule has 1 aromatic carbocycles. The number of nitrogens with one attached hydrogen (secondary N) is 1. The van der Waals surface area contributed by atoms with E-state index in [1.54, 1.807) is 17.6 Å². The highest BCUT2D eigenvalue weighted by Crippen LogP contribution is 2.17. The first kappa shape index (κ1) is 10.7. The van der Waals surface area contributed by atoms with Gasteiger partial charge in [-0.25, -0.2) is 13.4 Å². The molecule has 0 fully saturated rings. The van der Waals surface area contributed by atoms with E-state index >= 15 is 0 Å². The molecule has 0 aliphatic rings. The van der Waals surface area contributed by atoms with Crippen LogP contribution in [0.4, 0.5) is 5.69 Å². The van der Waals surface area contributed by atoms with Gasteiger partial charge in [0.15, 0.2) is 9.84 Å². The largest absolute Gasteiger partial charge is 0.290 e. The number of aliphatic imine (C=N–C) groups is 1. The van der Waals surface area contributed by atoms with Gasteiger partial charge in [0, 0.05) is 6.26 Å². The van der Waals surface area contributed by atoms with Gasteiger partial charge in [-0.3, -0.25) is 10.7 Å². The normalized spacial score (nSPS) is 11.9. The van der Waals surface area contributed by atoms with Crippen molar-refractivity contribution in [2.75, 3.05) is 6.26 Å². The first-order valence-corrected chi connectivity index (χ1v) is 5.65. The number of rotatable bonds is 3. The van der Waals surface area contributed by atoms with Crippen LogP contribution in [0, 0.1) is 0 Å². The molecule has 0 unspecified atom stereocenters. The Labute approximate surface area is 82.0 Å². The summed E-state index contributed by atoms with van der Waals surface area (Å²) < 4.78 is 22.3. The molecule has 0 aliphatic heterocycles. The van der Waals surface area contributed by atoms with Crippen molar-refractivity contribution in [2.45, 2.75) is 4.90 Å². The first-order chi connectivity index (χ1) is 6.54. The number of sulfone groups is 1. The summed E-state index contributed by atoms with van der Waals surface area (Å²) in [5.41, 5.74) is 2.19. The molecule has 0 atom stereocenters. The predicted molar refractivity (Wildman–Crippen MR) is 52.6 cm³/mol. The summed E-state index contributed by atoms with van der Waals surface area (Å²) in [6.07, 6.45) is 2.18. The molecule has 5 nitrogen and oxygen atoms in total. The van der Waals surface area contributed by atoms with Crippen LogP contribution in [0.15, 0.2) is 34.2 Å². The lowest BCUT2D eigenvalue weighted by atomic mass is 10.3. The molecule has 6 heteroatoms. The number of nitrogens with zero attached hydrogens (tertiary/aromatic N) is 1. The Hall–Kier alpha value is -1.40. The Morgan fingerprint density at radius 3 is 2.79 bits per heavy atom. The minimum atomic E-state index is -3.21. The van der Waals surface area contributed by atoms with E-state index in [1.165, 1.54) is 12.1 Å². The van der Waals surface area contributed by atoms with Gasteiger partial charge in [-0.15, -0.1) is 0 Å². The smallest absolute Gasteiger partial charge is 0.175 e. The average molecular weight is 214 g/mol. The Balaban J connectivity index is 3.08. The van der Waals surface area contributed by atoms with E-state index in [9.17, 15) is 8.42 Å². The van der Waals surface area contributed by atoms with Crippen molar-refractivity contribution in [3.05, 3.63) is 24.3 Å². The SMILES string of the molecule is CS(=O)(=O)c1cccc(N=CNO)c1. The molecule has 0 saturated heterocycles. The van der Waals surface area contributed by atoms with Gasteiger partial charge in [0.2, 0.25) is 0 Å². The van der Waals surface area contributed by atoms with Crippen LogP contribution >= 0.6 is 0 Å². The molecule has 0 heterocycles. The monoisotopic (exact) mass is 214 g/mol. The molecular weight excluding hydrogens is 204 g/mol. The highest BCUT2D eigenvalue weighted by atomic mass is 32.2. The van der Waals surface area contributed by atoms with Crippen molar-refractivity contribution in [3.8, 4) is 0 Å². The molecule has 0 saturated carbocycles. The summed E-state index contributed by atoms with van der Waals surface area (Å²) in [6, 6.07) is 6.12. The van der Waals surface area contributed by atoms with E-state index < -0.39 is 9.84 Å². The fourth-order valence-corrected chi connectivity index (χ4v) is 1.56. The highest BCUT2D eigenvalue weighted by molar-refractivity contribution is 7.90. The number of hydroxylamine groups is 1. The lowest BCUT2D eigenvalue weighted by molar-refractivity contribution is 0.240. The van der Waals surface area contributed by atoms with Crippen LogP contribution in [0.25, 0.3) is 0 Å². The lowest BCUT2D eigenvalue weighted by Gasteiger charge is -1.98. The minimum absolute atomic E-state index is 0.199. The van der Waals surface area contributed by atoms with Crippen molar-refractivity contribution >= 4 is 21.9 Å². The lowest BCUT2D eigenvalue weighted by Crippen LogP contribution is -2.01. The fourth-order valence-electron chi connectivity index (χ4n) is 0.898. The van der Waals surface area contributed by atoms with Gasteiger partial charge >= 0.3 is 0 Å². The van der Waals surface area contributed by atoms with E-state index in [1.807, 2.05) is 0 Å². The highest BCUT2D eigenvalue weighted by Gasteiger charge is 2.06. The Morgan fingerprint density at radius 1 is 1.50 bits per heavy atom. The minimum Gasteiger partial charge on any atom is -0.290 e. The van der Waals surface area contributed by atoms with Gasteiger partial charge in [0.1, 0.15) is 6.34 Å². The molecule has 0 amide bonds. The molecule has 0 bridgehead atoms. The Bertz CT molecular complexity index is 440. The third-order valence-electron chi connectivity index (χ3n) is 1.52. The van der Waals surface area contributed by atoms with E-state index in [0.29, 0.717) is 5.69 Å². The van der Waals surface area contributed by atoms with E-state index in [0.717, 1.165) is 12.6 Å². The van der Waals surface area contributed by atoms with E-state index in [4.69, 9.17) is 5.21 Å². The van der Waals surface area contributed by atoms with Gasteiger partial charge < -0.3 is 0 Å². The molecule has 14 heavy (non-hydrogen) atoms. The molecule has 2 N–H and O–H groups in total. The van der Waals surface area contributed by atoms with Gasteiger partial charge in [0.25, 0.3) is 0 Å². The third-order valence-corrected chi connectivity index (χ3v) is 2.63. The van der Waals surface area contributed by atoms with Crippen LogP contribution in [-0.4, -0.2) is 26.2 Å². The van der Waals surface area contributed by atoms with Gasteiger partial charge in [-0.2, -0.15) is 0 Å².